The van der Waals surface area contributed by atoms with Crippen molar-refractivity contribution in [3.8, 4) is 11.1 Å². The molecule has 19 heavy (non-hydrogen) atoms. The van der Waals surface area contributed by atoms with E-state index in [-0.39, 0.29) is 0 Å². The first-order valence-corrected chi connectivity index (χ1v) is 6.84. The van der Waals surface area contributed by atoms with Crippen LogP contribution in [0.25, 0.3) is 11.1 Å². The lowest BCUT2D eigenvalue weighted by molar-refractivity contribution is 1.22. The standard InChI is InChI=1S/C19H18/c1-15-12-13-17-9-5-3-2-4-8-16-10-6-7-11-18(16)19(17)14-15/h2-7,10-14H,8-9H2,1H3/b4-2-,5-3-. The van der Waals surface area contributed by atoms with E-state index in [1.165, 1.54) is 27.8 Å². The lowest BCUT2D eigenvalue weighted by Gasteiger charge is -2.14. The van der Waals surface area contributed by atoms with Gasteiger partial charge in [0.15, 0.2) is 0 Å². The summed E-state index contributed by atoms with van der Waals surface area (Å²) in [5.74, 6) is 0. The van der Waals surface area contributed by atoms with Gasteiger partial charge >= 0.3 is 0 Å². The second-order valence-electron chi connectivity index (χ2n) is 5.08. The van der Waals surface area contributed by atoms with Gasteiger partial charge in [0.25, 0.3) is 0 Å². The molecule has 1 aliphatic rings. The average Bonchev–Trinajstić information content (AvgIpc) is 2.44. The highest BCUT2D eigenvalue weighted by molar-refractivity contribution is 5.72. The summed E-state index contributed by atoms with van der Waals surface area (Å²) in [4.78, 5) is 0. The van der Waals surface area contributed by atoms with Crippen LogP contribution in [0.5, 0.6) is 0 Å². The summed E-state index contributed by atoms with van der Waals surface area (Å²) in [6, 6.07) is 15.5. The molecule has 0 bridgehead atoms. The molecule has 2 aromatic carbocycles. The number of hydrogen-bond acceptors (Lipinski definition) is 0. The molecule has 0 spiro atoms. The van der Waals surface area contributed by atoms with Crippen LogP contribution in [0.1, 0.15) is 16.7 Å². The van der Waals surface area contributed by atoms with Gasteiger partial charge in [0.2, 0.25) is 0 Å². The van der Waals surface area contributed by atoms with Gasteiger partial charge in [-0.15, -0.1) is 0 Å². The number of hydrogen-bond donors (Lipinski definition) is 0. The molecule has 0 atom stereocenters. The molecule has 94 valence electrons. The number of allylic oxidation sites excluding steroid dienone is 4. The molecular weight excluding hydrogens is 228 g/mol. The zero-order valence-electron chi connectivity index (χ0n) is 11.3. The van der Waals surface area contributed by atoms with Crippen molar-refractivity contribution in [3.05, 3.63) is 83.5 Å². The van der Waals surface area contributed by atoms with Crippen molar-refractivity contribution < 1.29 is 0 Å². The number of fused-ring (bicyclic) bond motifs is 3. The van der Waals surface area contributed by atoms with Gasteiger partial charge in [0.05, 0.1) is 0 Å². The van der Waals surface area contributed by atoms with Crippen LogP contribution in [-0.4, -0.2) is 0 Å². The van der Waals surface area contributed by atoms with E-state index in [1.807, 2.05) is 0 Å². The van der Waals surface area contributed by atoms with E-state index in [4.69, 9.17) is 0 Å². The summed E-state index contributed by atoms with van der Waals surface area (Å²) in [6.07, 6.45) is 10.8. The highest BCUT2D eigenvalue weighted by Crippen LogP contribution is 2.29. The predicted octanol–water partition coefficient (Wildman–Crippen LogP) is 4.87. The molecule has 0 heteroatoms. The molecule has 3 rings (SSSR count). The van der Waals surface area contributed by atoms with Crippen LogP contribution in [0.4, 0.5) is 0 Å². The molecule has 0 saturated heterocycles. The van der Waals surface area contributed by atoms with Gasteiger partial charge < -0.3 is 0 Å². The topological polar surface area (TPSA) is 0 Å². The molecule has 0 radical (unpaired) electrons. The second-order valence-corrected chi connectivity index (χ2v) is 5.08. The molecule has 0 nitrogen and oxygen atoms in total. The fourth-order valence-corrected chi connectivity index (χ4v) is 2.63. The van der Waals surface area contributed by atoms with Gasteiger partial charge in [-0.05, 0) is 42.0 Å². The first-order chi connectivity index (χ1) is 9.34. The van der Waals surface area contributed by atoms with Crippen LogP contribution in [0.2, 0.25) is 0 Å². The molecule has 0 unspecified atom stereocenters. The zero-order valence-corrected chi connectivity index (χ0v) is 11.3. The van der Waals surface area contributed by atoms with E-state index < -0.39 is 0 Å². The number of aryl methyl sites for hydroxylation is 1. The molecule has 1 aliphatic carbocycles. The summed E-state index contributed by atoms with van der Waals surface area (Å²) >= 11 is 0. The third-order valence-electron chi connectivity index (χ3n) is 3.63. The maximum Gasteiger partial charge on any atom is -0.00882 e. The molecule has 0 aromatic heterocycles. The van der Waals surface area contributed by atoms with E-state index in [0.717, 1.165) is 12.8 Å². The van der Waals surface area contributed by atoms with E-state index in [9.17, 15) is 0 Å². The highest BCUT2D eigenvalue weighted by atomic mass is 14.1. The third kappa shape index (κ3) is 2.53. The fourth-order valence-electron chi connectivity index (χ4n) is 2.63. The van der Waals surface area contributed by atoms with Crippen molar-refractivity contribution in [1.82, 2.24) is 0 Å². The normalized spacial score (nSPS) is 17.1. The monoisotopic (exact) mass is 246 g/mol. The quantitative estimate of drug-likeness (QED) is 0.622. The molecular formula is C19H18. The zero-order chi connectivity index (χ0) is 13.1. The molecule has 0 N–H and O–H groups in total. The Kier molecular flexibility index (Phi) is 3.33. The van der Waals surface area contributed by atoms with Crippen LogP contribution in [-0.2, 0) is 12.8 Å². The molecule has 0 aliphatic heterocycles. The second kappa shape index (κ2) is 5.27. The molecule has 0 saturated carbocycles. The van der Waals surface area contributed by atoms with E-state index in [0.29, 0.717) is 0 Å². The van der Waals surface area contributed by atoms with Gasteiger partial charge in [0, 0.05) is 0 Å². The minimum absolute atomic E-state index is 0.994. The van der Waals surface area contributed by atoms with Gasteiger partial charge in [-0.1, -0.05) is 72.3 Å². The maximum absolute atomic E-state index is 2.31. The average molecular weight is 246 g/mol. The third-order valence-corrected chi connectivity index (χ3v) is 3.63. The summed E-state index contributed by atoms with van der Waals surface area (Å²) in [6.45, 7) is 2.16. The Morgan fingerprint density at radius 2 is 1.42 bits per heavy atom. The van der Waals surface area contributed by atoms with Crippen LogP contribution < -0.4 is 0 Å². The Morgan fingerprint density at radius 3 is 2.21 bits per heavy atom. The van der Waals surface area contributed by atoms with E-state index >= 15 is 0 Å². The van der Waals surface area contributed by atoms with Crippen molar-refractivity contribution in [3.63, 3.8) is 0 Å². The lowest BCUT2D eigenvalue weighted by atomic mass is 9.91. The van der Waals surface area contributed by atoms with Gasteiger partial charge in [-0.3, -0.25) is 0 Å². The smallest absolute Gasteiger partial charge is 0.00882 e. The van der Waals surface area contributed by atoms with Crippen molar-refractivity contribution in [1.29, 1.82) is 0 Å². The Morgan fingerprint density at radius 1 is 0.737 bits per heavy atom. The Balaban J connectivity index is 2.23. The van der Waals surface area contributed by atoms with E-state index in [1.54, 1.807) is 0 Å². The molecule has 0 heterocycles. The Labute approximate surface area is 115 Å². The van der Waals surface area contributed by atoms with Gasteiger partial charge in [-0.25, -0.2) is 0 Å². The fraction of sp³-hybridized carbons (Fsp3) is 0.158. The Bertz CT molecular complexity index is 645. The largest absolute Gasteiger partial charge is 0.0801 e. The van der Waals surface area contributed by atoms with Crippen molar-refractivity contribution >= 4 is 0 Å². The van der Waals surface area contributed by atoms with Crippen LogP contribution >= 0.6 is 0 Å². The van der Waals surface area contributed by atoms with Crippen LogP contribution in [0.3, 0.4) is 0 Å². The minimum Gasteiger partial charge on any atom is -0.0801 e. The van der Waals surface area contributed by atoms with E-state index in [2.05, 4.69) is 73.7 Å². The van der Waals surface area contributed by atoms with Crippen LogP contribution in [0, 0.1) is 6.92 Å². The highest BCUT2D eigenvalue weighted by Gasteiger charge is 2.08. The van der Waals surface area contributed by atoms with Crippen LogP contribution in [0.15, 0.2) is 66.8 Å². The number of rotatable bonds is 0. The molecule has 0 amide bonds. The SMILES string of the molecule is Cc1ccc2c(c1)-c1ccccc1C/C=C\C=C/C2. The maximum atomic E-state index is 2.31. The first kappa shape index (κ1) is 12.0. The lowest BCUT2D eigenvalue weighted by Crippen LogP contribution is -1.94. The first-order valence-electron chi connectivity index (χ1n) is 6.84. The van der Waals surface area contributed by atoms with Crippen molar-refractivity contribution in [2.45, 2.75) is 19.8 Å². The summed E-state index contributed by atoms with van der Waals surface area (Å²) in [5, 5.41) is 0. The summed E-state index contributed by atoms with van der Waals surface area (Å²) < 4.78 is 0. The Hall–Kier alpha value is -2.08. The predicted molar refractivity (Wildman–Crippen MR) is 82.3 cm³/mol. The van der Waals surface area contributed by atoms with Gasteiger partial charge in [0.1, 0.15) is 0 Å². The number of benzene rings is 2. The molecule has 2 aromatic rings. The minimum atomic E-state index is 0.994. The summed E-state index contributed by atoms with van der Waals surface area (Å²) in [5.41, 5.74) is 6.90. The van der Waals surface area contributed by atoms with Crippen molar-refractivity contribution in [2.75, 3.05) is 0 Å². The summed E-state index contributed by atoms with van der Waals surface area (Å²) in [7, 11) is 0. The van der Waals surface area contributed by atoms with Gasteiger partial charge in [-0.2, -0.15) is 0 Å². The van der Waals surface area contributed by atoms with Crippen molar-refractivity contribution in [2.24, 2.45) is 0 Å². The molecule has 0 fully saturated rings.